The number of hydrogen-bond donors (Lipinski definition) is 4. The Morgan fingerprint density at radius 2 is 1.58 bits per heavy atom. The van der Waals surface area contributed by atoms with Crippen LogP contribution in [0.1, 0.15) is 56.5 Å². The van der Waals surface area contributed by atoms with Gasteiger partial charge in [-0.1, -0.05) is 56.0 Å². The van der Waals surface area contributed by atoms with E-state index in [0.29, 0.717) is 52.0 Å². The maximum absolute atomic E-state index is 10.4. The molecule has 15 nitrogen and oxygen atoms in total. The van der Waals surface area contributed by atoms with E-state index in [1.807, 2.05) is 82.3 Å². The van der Waals surface area contributed by atoms with Crippen molar-refractivity contribution in [3.8, 4) is 51.4 Å². The van der Waals surface area contributed by atoms with Crippen molar-refractivity contribution in [1.82, 2.24) is 50.1 Å². The Kier molecular flexibility index (Phi) is 18.9. The van der Waals surface area contributed by atoms with Crippen molar-refractivity contribution in [1.29, 1.82) is 5.26 Å². The van der Waals surface area contributed by atoms with Gasteiger partial charge in [-0.3, -0.25) is 15.1 Å². The first kappa shape index (κ1) is 49.7. The molecule has 8 aromatic rings. The minimum Gasteiger partial charge on any atom is -0.550 e. The number of anilines is 2. The van der Waals surface area contributed by atoms with Gasteiger partial charge in [0.15, 0.2) is 0 Å². The van der Waals surface area contributed by atoms with Crippen molar-refractivity contribution in [2.24, 2.45) is 5.92 Å². The molecule has 0 amide bonds. The minimum absolute atomic E-state index is 0. The maximum atomic E-state index is 10.4. The van der Waals surface area contributed by atoms with Crippen molar-refractivity contribution < 1.29 is 39.5 Å². The molecule has 7 heterocycles. The second-order valence-electron chi connectivity index (χ2n) is 14.5. The molecule has 7 aromatic heterocycles. The molecule has 0 spiro atoms. The van der Waals surface area contributed by atoms with Gasteiger partial charge in [-0.15, -0.1) is 0 Å². The van der Waals surface area contributed by atoms with Crippen LogP contribution in [-0.2, 0) is 4.79 Å². The average molecular weight is 919 g/mol. The van der Waals surface area contributed by atoms with Gasteiger partial charge in [-0.2, -0.15) is 10.4 Å². The molecular formula is C47H46Cl2N13NaO2. The van der Waals surface area contributed by atoms with Gasteiger partial charge in [-0.25, -0.2) is 24.9 Å². The number of carboxylic acids is 1. The zero-order chi connectivity index (χ0) is 45.4. The van der Waals surface area contributed by atoms with E-state index < -0.39 is 5.97 Å². The predicted octanol–water partition coefficient (Wildman–Crippen LogP) is 6.29. The summed E-state index contributed by atoms with van der Waals surface area (Å²) in [6.45, 7) is 9.02. The number of benzene rings is 1. The van der Waals surface area contributed by atoms with Gasteiger partial charge in [0.05, 0.1) is 56.2 Å². The molecule has 0 saturated heterocycles. The average Bonchev–Trinajstić information content (AvgIpc) is 3.98. The standard InChI is InChI=1S/C22H18Cl2N8.C17H13N5.C8H16O2.Na/c1-13-10-29-21(31-13)17-12-30-22(32-20(17)16-4-3-15(23)8-18(16)24)27-7-6-26-19-5-2-14(9-25)11-28-19;1-11-4-2-5-16(20-11)17-12(10-19-22-17)13-7-8-14-15(21-13)6-3-9-18-14;1-3-5-7(6-4-2)8(9)10;/h2-5,8,10-12H,6-7H2,1H3,(H,26,28)(H,29,31)(H,27,30,32);2-10H,1H3,(H,19,22);7H,3-6H2,1-2H3,(H,9,10);/q;;;+1/p-1. The van der Waals surface area contributed by atoms with Gasteiger partial charge in [0.1, 0.15) is 17.7 Å². The third-order valence-electron chi connectivity index (χ3n) is 9.66. The van der Waals surface area contributed by atoms with Gasteiger partial charge < -0.3 is 25.5 Å². The van der Waals surface area contributed by atoms with Crippen molar-refractivity contribution in [3.63, 3.8) is 0 Å². The van der Waals surface area contributed by atoms with Crippen LogP contribution in [0, 0.1) is 31.1 Å². The number of H-pyrrole nitrogens is 2. The number of imidazole rings is 1. The Hall–Kier alpha value is -6.28. The van der Waals surface area contributed by atoms with Crippen molar-refractivity contribution in [3.05, 3.63) is 131 Å². The first-order chi connectivity index (χ1) is 31.1. The van der Waals surface area contributed by atoms with Crippen LogP contribution in [0.3, 0.4) is 0 Å². The normalized spacial score (nSPS) is 10.5. The molecule has 4 N–H and O–H groups in total. The van der Waals surface area contributed by atoms with Crippen LogP contribution in [0.4, 0.5) is 11.8 Å². The van der Waals surface area contributed by atoms with E-state index in [1.54, 1.807) is 49.1 Å². The number of nitriles is 1. The Labute approximate surface area is 409 Å². The monoisotopic (exact) mass is 917 g/mol. The molecule has 0 unspecified atom stereocenters. The Morgan fingerprint density at radius 1 is 0.785 bits per heavy atom. The number of hydrogen-bond acceptors (Lipinski definition) is 13. The number of halogens is 2. The summed E-state index contributed by atoms with van der Waals surface area (Å²) in [7, 11) is 0. The van der Waals surface area contributed by atoms with Crippen LogP contribution in [0.25, 0.3) is 56.3 Å². The summed E-state index contributed by atoms with van der Waals surface area (Å²) in [5.41, 5.74) is 9.78. The third kappa shape index (κ3) is 13.9. The van der Waals surface area contributed by atoms with Gasteiger partial charge in [0, 0.05) is 71.4 Å². The van der Waals surface area contributed by atoms with Crippen LogP contribution >= 0.6 is 23.2 Å². The molecule has 18 heteroatoms. The minimum atomic E-state index is -0.885. The molecule has 1 aromatic carbocycles. The van der Waals surface area contributed by atoms with Gasteiger partial charge in [0.2, 0.25) is 5.95 Å². The van der Waals surface area contributed by atoms with E-state index in [1.165, 1.54) is 6.20 Å². The molecule has 0 saturated carbocycles. The number of aromatic nitrogens is 10. The zero-order valence-electron chi connectivity index (χ0n) is 36.7. The topological polar surface area (TPSA) is 223 Å². The molecule has 0 aliphatic rings. The Balaban J connectivity index is 0.000000208. The number of rotatable bonds is 14. The molecular weight excluding hydrogens is 873 g/mol. The number of carbonyl (C=O) groups is 1. The van der Waals surface area contributed by atoms with Gasteiger partial charge in [0.25, 0.3) is 0 Å². The van der Waals surface area contributed by atoms with E-state index in [9.17, 15) is 9.90 Å². The second-order valence-corrected chi connectivity index (χ2v) is 15.4. The van der Waals surface area contributed by atoms with Crippen LogP contribution in [-0.4, -0.2) is 69.1 Å². The van der Waals surface area contributed by atoms with E-state index in [-0.39, 0.29) is 35.5 Å². The number of pyridine rings is 4. The number of nitrogens with one attached hydrogen (secondary N) is 4. The zero-order valence-corrected chi connectivity index (χ0v) is 40.2. The first-order valence-corrected chi connectivity index (χ1v) is 21.4. The molecule has 0 fully saturated rings. The fourth-order valence-corrected chi connectivity index (χ4v) is 7.05. The number of aromatic amines is 2. The number of carboxylic acid groups (broad SMARTS) is 1. The van der Waals surface area contributed by atoms with Crippen LogP contribution in [0.5, 0.6) is 0 Å². The third-order valence-corrected chi connectivity index (χ3v) is 10.2. The fourth-order valence-electron chi connectivity index (χ4n) is 6.55. The molecule has 8 rings (SSSR count). The van der Waals surface area contributed by atoms with Crippen molar-refractivity contribution in [2.75, 3.05) is 23.7 Å². The molecule has 326 valence electrons. The molecule has 0 radical (unpaired) electrons. The van der Waals surface area contributed by atoms with Crippen molar-refractivity contribution in [2.45, 2.75) is 53.4 Å². The summed E-state index contributed by atoms with van der Waals surface area (Å²) in [4.78, 5) is 44.8. The van der Waals surface area contributed by atoms with Crippen LogP contribution in [0.15, 0.2) is 104 Å². The quantitative estimate of drug-likeness (QED) is 0.0697. The van der Waals surface area contributed by atoms with Crippen LogP contribution in [0.2, 0.25) is 10.0 Å². The van der Waals surface area contributed by atoms with Gasteiger partial charge in [-0.05, 0) is 99.3 Å². The van der Waals surface area contributed by atoms with E-state index in [4.69, 9.17) is 33.4 Å². The maximum Gasteiger partial charge on any atom is 1.00 e. The summed E-state index contributed by atoms with van der Waals surface area (Å²) in [6.07, 6.45) is 11.9. The number of aliphatic carboxylic acids is 1. The molecule has 0 aliphatic carbocycles. The molecule has 0 bridgehead atoms. The summed E-state index contributed by atoms with van der Waals surface area (Å²) in [5, 5.41) is 33.8. The van der Waals surface area contributed by atoms with E-state index in [2.05, 4.69) is 55.7 Å². The van der Waals surface area contributed by atoms with Crippen LogP contribution < -0.4 is 45.3 Å². The summed E-state index contributed by atoms with van der Waals surface area (Å²) in [6, 6.07) is 24.5. The SMILES string of the molecule is CCCC(CCC)C(=O)[O-].Cc1cccc(-c2[nH]ncc2-c2ccc3ncccc3n2)n1.Cc1cnc(-c2cnc(NCCNc3ccc(C#N)cn3)nc2-c2ccc(Cl)cc2Cl)[nH]1.[Na+]. The Bertz CT molecular complexity index is 2840. The number of aryl methyl sites for hydroxylation is 2. The van der Waals surface area contributed by atoms with Gasteiger partial charge >= 0.3 is 29.6 Å². The predicted molar refractivity (Wildman–Crippen MR) is 249 cm³/mol. The second kappa shape index (κ2) is 24.7. The summed E-state index contributed by atoms with van der Waals surface area (Å²) < 4.78 is 0. The largest absolute Gasteiger partial charge is 1.00 e. The molecule has 0 aliphatic heterocycles. The molecule has 0 atom stereocenters. The summed E-state index contributed by atoms with van der Waals surface area (Å²) in [5.74, 6) is 0.693. The Morgan fingerprint density at radius 3 is 2.26 bits per heavy atom. The smallest absolute Gasteiger partial charge is 0.550 e. The summed E-state index contributed by atoms with van der Waals surface area (Å²) >= 11 is 12.5. The van der Waals surface area contributed by atoms with Crippen molar-refractivity contribution >= 4 is 52.0 Å². The number of fused-ring (bicyclic) bond motifs is 1. The first-order valence-electron chi connectivity index (χ1n) is 20.7. The number of nitrogens with zero attached hydrogens (tertiary/aromatic N) is 9. The fraction of sp³-hybridized carbons (Fsp3) is 0.234. The number of carbonyl (C=O) groups excluding carboxylic acids is 1. The molecule has 65 heavy (non-hydrogen) atoms. The van der Waals surface area contributed by atoms with E-state index in [0.717, 1.165) is 81.9 Å². The van der Waals surface area contributed by atoms with E-state index >= 15 is 0 Å².